The molecule has 0 unspecified atom stereocenters. The highest BCUT2D eigenvalue weighted by molar-refractivity contribution is 8.00. The molecule has 0 bridgehead atoms. The summed E-state index contributed by atoms with van der Waals surface area (Å²) >= 11 is 7.54. The lowest BCUT2D eigenvalue weighted by molar-refractivity contribution is -0.118. The maximum Gasteiger partial charge on any atom is 0.230 e. The van der Waals surface area contributed by atoms with E-state index in [0.29, 0.717) is 10.8 Å². The van der Waals surface area contributed by atoms with Gasteiger partial charge in [0.25, 0.3) is 0 Å². The Morgan fingerprint density at radius 2 is 2.15 bits per heavy atom. The number of rotatable bonds is 6. The number of halogens is 1. The predicted octanol–water partition coefficient (Wildman–Crippen LogP) is 4.44. The Labute approximate surface area is 130 Å². The van der Waals surface area contributed by atoms with Gasteiger partial charge in [0.1, 0.15) is 0 Å². The Morgan fingerprint density at radius 3 is 2.90 bits per heavy atom. The predicted molar refractivity (Wildman–Crippen MR) is 86.4 cm³/mol. The summed E-state index contributed by atoms with van der Waals surface area (Å²) in [6, 6.07) is 7.61. The molecule has 0 saturated heterocycles. The van der Waals surface area contributed by atoms with Crippen molar-refractivity contribution in [3.05, 3.63) is 40.9 Å². The van der Waals surface area contributed by atoms with Gasteiger partial charge in [-0.3, -0.25) is 4.79 Å². The van der Waals surface area contributed by atoms with E-state index in [-0.39, 0.29) is 5.91 Å². The van der Waals surface area contributed by atoms with Crippen LogP contribution in [0.3, 0.4) is 0 Å². The molecule has 1 N–H and O–H groups in total. The molecule has 4 heteroatoms. The lowest BCUT2D eigenvalue weighted by Gasteiger charge is -2.12. The minimum Gasteiger partial charge on any atom is -0.355 e. The summed E-state index contributed by atoms with van der Waals surface area (Å²) in [6.45, 7) is 0.744. The molecule has 0 atom stereocenters. The first-order valence-electron chi connectivity index (χ1n) is 7.07. The van der Waals surface area contributed by atoms with Crippen LogP contribution in [0.1, 0.15) is 32.1 Å². The fraction of sp³-hybridized carbons (Fsp3) is 0.438. The van der Waals surface area contributed by atoms with Gasteiger partial charge in [0.05, 0.1) is 10.8 Å². The monoisotopic (exact) mass is 309 g/mol. The second-order valence-corrected chi connectivity index (χ2v) is 6.35. The van der Waals surface area contributed by atoms with Crippen molar-refractivity contribution in [2.24, 2.45) is 0 Å². The highest BCUT2D eigenvalue weighted by atomic mass is 35.5. The molecule has 20 heavy (non-hydrogen) atoms. The van der Waals surface area contributed by atoms with Crippen LogP contribution < -0.4 is 5.32 Å². The number of allylic oxidation sites excluding steroid dienone is 1. The molecule has 0 spiro atoms. The molecule has 1 amide bonds. The lowest BCUT2D eigenvalue weighted by atomic mass is 9.97. The molecule has 1 aromatic rings. The van der Waals surface area contributed by atoms with E-state index in [1.54, 1.807) is 0 Å². The number of carbonyl (C=O) groups is 1. The Morgan fingerprint density at radius 1 is 1.30 bits per heavy atom. The van der Waals surface area contributed by atoms with Gasteiger partial charge in [0, 0.05) is 11.4 Å². The van der Waals surface area contributed by atoms with Crippen molar-refractivity contribution in [3.63, 3.8) is 0 Å². The molecule has 2 nitrogen and oxygen atoms in total. The van der Waals surface area contributed by atoms with Crippen LogP contribution in [0.15, 0.2) is 40.8 Å². The molecule has 1 aromatic carbocycles. The number of benzene rings is 1. The average molecular weight is 310 g/mol. The summed E-state index contributed by atoms with van der Waals surface area (Å²) in [5.74, 6) is 0.495. The molecule has 1 aliphatic carbocycles. The van der Waals surface area contributed by atoms with Crippen LogP contribution in [0.4, 0.5) is 0 Å². The number of hydrogen-bond acceptors (Lipinski definition) is 2. The van der Waals surface area contributed by atoms with Crippen molar-refractivity contribution in [3.8, 4) is 0 Å². The summed E-state index contributed by atoms with van der Waals surface area (Å²) in [4.78, 5) is 12.7. The highest BCUT2D eigenvalue weighted by Gasteiger charge is 2.07. The first kappa shape index (κ1) is 15.5. The fourth-order valence-electron chi connectivity index (χ4n) is 2.25. The van der Waals surface area contributed by atoms with Crippen LogP contribution in [-0.2, 0) is 4.79 Å². The first-order valence-corrected chi connectivity index (χ1v) is 8.44. The average Bonchev–Trinajstić information content (AvgIpc) is 2.47. The summed E-state index contributed by atoms with van der Waals surface area (Å²) in [6.07, 6.45) is 8.32. The van der Waals surface area contributed by atoms with Gasteiger partial charge in [-0.15, -0.1) is 11.8 Å². The van der Waals surface area contributed by atoms with E-state index in [1.165, 1.54) is 43.0 Å². The summed E-state index contributed by atoms with van der Waals surface area (Å²) in [5.41, 5.74) is 1.50. The third-order valence-corrected chi connectivity index (χ3v) is 4.86. The van der Waals surface area contributed by atoms with Gasteiger partial charge in [-0.05, 0) is 44.2 Å². The number of carbonyl (C=O) groups excluding carboxylic acids is 1. The van der Waals surface area contributed by atoms with E-state index >= 15 is 0 Å². The van der Waals surface area contributed by atoms with Crippen LogP contribution in [0.25, 0.3) is 0 Å². The molecule has 1 aliphatic rings. The van der Waals surface area contributed by atoms with Crippen LogP contribution >= 0.6 is 23.4 Å². The Kier molecular flexibility index (Phi) is 6.48. The number of amides is 1. The molecule has 0 aromatic heterocycles. The zero-order valence-electron chi connectivity index (χ0n) is 11.5. The molecule has 2 rings (SSSR count). The maximum absolute atomic E-state index is 11.8. The lowest BCUT2D eigenvalue weighted by Crippen LogP contribution is -2.26. The summed E-state index contributed by atoms with van der Waals surface area (Å²) in [5, 5.41) is 3.68. The smallest absolute Gasteiger partial charge is 0.230 e. The Bertz CT molecular complexity index is 487. The SMILES string of the molecule is O=C(CSc1ccccc1Cl)NCCC1=CCCCC1. The Hall–Kier alpha value is -0.930. The molecule has 0 aliphatic heterocycles. The molecule has 0 heterocycles. The van der Waals surface area contributed by atoms with Crippen LogP contribution in [-0.4, -0.2) is 18.2 Å². The first-order chi connectivity index (χ1) is 9.75. The quantitative estimate of drug-likeness (QED) is 0.622. The van der Waals surface area contributed by atoms with E-state index in [4.69, 9.17) is 11.6 Å². The van der Waals surface area contributed by atoms with E-state index in [9.17, 15) is 4.79 Å². The van der Waals surface area contributed by atoms with Crippen molar-refractivity contribution in [2.45, 2.75) is 37.0 Å². The van der Waals surface area contributed by atoms with Crippen LogP contribution in [0, 0.1) is 0 Å². The van der Waals surface area contributed by atoms with E-state index in [2.05, 4.69) is 11.4 Å². The largest absolute Gasteiger partial charge is 0.355 e. The van der Waals surface area contributed by atoms with Crippen molar-refractivity contribution >= 4 is 29.3 Å². The van der Waals surface area contributed by atoms with E-state index < -0.39 is 0 Å². The molecule has 0 radical (unpaired) electrons. The fourth-order valence-corrected chi connectivity index (χ4v) is 3.32. The third kappa shape index (κ3) is 5.22. The summed E-state index contributed by atoms with van der Waals surface area (Å²) in [7, 11) is 0. The van der Waals surface area contributed by atoms with Gasteiger partial charge in [-0.25, -0.2) is 0 Å². The topological polar surface area (TPSA) is 29.1 Å². The van der Waals surface area contributed by atoms with Crippen molar-refractivity contribution < 1.29 is 4.79 Å². The van der Waals surface area contributed by atoms with Crippen LogP contribution in [0.5, 0.6) is 0 Å². The third-order valence-electron chi connectivity index (χ3n) is 3.35. The van der Waals surface area contributed by atoms with Gasteiger partial charge in [-0.2, -0.15) is 0 Å². The second kappa shape index (κ2) is 8.38. The van der Waals surface area contributed by atoms with Gasteiger partial charge in [0.2, 0.25) is 5.91 Å². The maximum atomic E-state index is 11.8. The number of thioether (sulfide) groups is 1. The highest BCUT2D eigenvalue weighted by Crippen LogP contribution is 2.26. The van der Waals surface area contributed by atoms with Gasteiger partial charge >= 0.3 is 0 Å². The molecular weight excluding hydrogens is 290 g/mol. The van der Waals surface area contributed by atoms with E-state index in [0.717, 1.165) is 17.9 Å². The van der Waals surface area contributed by atoms with Crippen molar-refractivity contribution in [2.75, 3.05) is 12.3 Å². The van der Waals surface area contributed by atoms with E-state index in [1.807, 2.05) is 24.3 Å². The zero-order chi connectivity index (χ0) is 14.2. The summed E-state index contributed by atoms with van der Waals surface area (Å²) < 4.78 is 0. The van der Waals surface area contributed by atoms with Gasteiger partial charge in [-0.1, -0.05) is 35.4 Å². The molecular formula is C16H20ClNOS. The van der Waals surface area contributed by atoms with Crippen LogP contribution in [0.2, 0.25) is 5.02 Å². The normalized spacial score (nSPS) is 14.8. The van der Waals surface area contributed by atoms with Gasteiger partial charge < -0.3 is 5.32 Å². The van der Waals surface area contributed by atoms with Crippen molar-refractivity contribution in [1.82, 2.24) is 5.32 Å². The Balaban J connectivity index is 1.65. The number of nitrogens with one attached hydrogen (secondary N) is 1. The minimum atomic E-state index is 0.0753. The minimum absolute atomic E-state index is 0.0753. The number of hydrogen-bond donors (Lipinski definition) is 1. The zero-order valence-corrected chi connectivity index (χ0v) is 13.1. The molecule has 108 valence electrons. The standard InChI is InChI=1S/C16H20ClNOS/c17-14-8-4-5-9-15(14)20-12-16(19)18-11-10-13-6-2-1-3-7-13/h4-6,8-9H,1-3,7,10-12H2,(H,18,19). The molecule has 0 saturated carbocycles. The van der Waals surface area contributed by atoms with Gasteiger partial charge in [0.15, 0.2) is 0 Å². The molecule has 0 fully saturated rings. The second-order valence-electron chi connectivity index (χ2n) is 4.93. The van der Waals surface area contributed by atoms with Crippen molar-refractivity contribution in [1.29, 1.82) is 0 Å².